The minimum atomic E-state index is 0.405. The fourth-order valence-electron chi connectivity index (χ4n) is 2.02. The van der Waals surface area contributed by atoms with E-state index >= 15 is 0 Å². The van der Waals surface area contributed by atoms with Crippen LogP contribution >= 0.6 is 38.6 Å². The molecule has 0 spiro atoms. The Morgan fingerprint density at radius 2 is 2.33 bits per heavy atom. The van der Waals surface area contributed by atoms with Crippen LogP contribution in [0.4, 0.5) is 0 Å². The van der Waals surface area contributed by atoms with Crippen LogP contribution in [0.15, 0.2) is 26.7 Å². The highest BCUT2D eigenvalue weighted by atomic mass is 79.9. The molecule has 2 aromatic rings. The first kappa shape index (κ1) is 10.0. The third-order valence-electron chi connectivity index (χ3n) is 2.71. The second kappa shape index (κ2) is 4.01. The van der Waals surface area contributed by atoms with E-state index in [2.05, 4.69) is 44.1 Å². The molecule has 1 unspecified atom stereocenters. The summed E-state index contributed by atoms with van der Waals surface area (Å²) in [6.45, 7) is 1.09. The van der Waals surface area contributed by atoms with Crippen molar-refractivity contribution in [3.63, 3.8) is 0 Å². The molecule has 0 radical (unpaired) electrons. The number of hydrogen-bond acceptors (Lipinski definition) is 3. The van der Waals surface area contributed by atoms with Crippen LogP contribution in [0, 0.1) is 0 Å². The predicted molar refractivity (Wildman–Crippen MR) is 69.9 cm³/mol. The van der Waals surface area contributed by atoms with Crippen molar-refractivity contribution < 1.29 is 0 Å². The Morgan fingerprint density at radius 3 is 3.13 bits per heavy atom. The molecule has 0 amide bonds. The van der Waals surface area contributed by atoms with E-state index in [0.29, 0.717) is 6.04 Å². The maximum absolute atomic E-state index is 3.58. The van der Waals surface area contributed by atoms with E-state index in [4.69, 9.17) is 0 Å². The summed E-state index contributed by atoms with van der Waals surface area (Å²) in [5.74, 6) is 0. The van der Waals surface area contributed by atoms with Gasteiger partial charge < -0.3 is 5.32 Å². The molecule has 0 saturated heterocycles. The van der Waals surface area contributed by atoms with E-state index in [-0.39, 0.29) is 0 Å². The van der Waals surface area contributed by atoms with E-state index in [0.717, 1.165) is 6.54 Å². The van der Waals surface area contributed by atoms with Crippen molar-refractivity contribution >= 4 is 38.6 Å². The fourth-order valence-corrected chi connectivity index (χ4v) is 4.15. The number of rotatable bonds is 1. The van der Waals surface area contributed by atoms with Crippen molar-refractivity contribution in [2.24, 2.45) is 0 Å². The molecule has 0 aromatic carbocycles. The molecule has 0 bridgehead atoms. The van der Waals surface area contributed by atoms with Crippen molar-refractivity contribution in [1.82, 2.24) is 5.32 Å². The Labute approximate surface area is 105 Å². The van der Waals surface area contributed by atoms with E-state index in [1.54, 1.807) is 16.2 Å². The smallest absolute Gasteiger partial charge is 0.0701 e. The first-order valence-electron chi connectivity index (χ1n) is 4.88. The minimum Gasteiger partial charge on any atom is -0.306 e. The highest BCUT2D eigenvalue weighted by Crippen LogP contribution is 2.34. The molecular formula is C11H10BrNS2. The van der Waals surface area contributed by atoms with Crippen LogP contribution in [0.25, 0.3) is 0 Å². The van der Waals surface area contributed by atoms with Crippen LogP contribution in [0.3, 0.4) is 0 Å². The van der Waals surface area contributed by atoms with Crippen molar-refractivity contribution in [1.29, 1.82) is 0 Å². The quantitative estimate of drug-likeness (QED) is 0.844. The van der Waals surface area contributed by atoms with E-state index in [1.165, 1.54) is 21.3 Å². The van der Waals surface area contributed by atoms with Crippen molar-refractivity contribution in [3.05, 3.63) is 42.7 Å². The third kappa shape index (κ3) is 1.80. The lowest BCUT2D eigenvalue weighted by Crippen LogP contribution is -2.29. The van der Waals surface area contributed by atoms with Gasteiger partial charge in [0.2, 0.25) is 0 Å². The molecule has 3 rings (SSSR count). The molecule has 15 heavy (non-hydrogen) atoms. The first-order valence-corrected chi connectivity index (χ1v) is 7.43. The first-order chi connectivity index (χ1) is 7.34. The summed E-state index contributed by atoms with van der Waals surface area (Å²) in [6.07, 6.45) is 1.18. The number of thiophene rings is 2. The van der Waals surface area contributed by atoms with Crippen LogP contribution in [0.1, 0.15) is 22.0 Å². The summed E-state index contributed by atoms with van der Waals surface area (Å²) >= 11 is 7.16. The predicted octanol–water partition coefficient (Wildman–Crippen LogP) is 3.81. The van der Waals surface area contributed by atoms with Gasteiger partial charge in [0.25, 0.3) is 0 Å². The average molecular weight is 300 g/mol. The van der Waals surface area contributed by atoms with Gasteiger partial charge in [-0.25, -0.2) is 0 Å². The molecule has 2 aromatic heterocycles. The Balaban J connectivity index is 2.02. The summed E-state index contributed by atoms with van der Waals surface area (Å²) < 4.78 is 1.21. The standard InChI is InChI=1S/C11H10BrNS2/c12-10-5-7(6-15-10)11-8-2-4-14-9(8)1-3-13-11/h2,4-6,11,13H,1,3H2. The molecule has 1 nitrogen and oxygen atoms in total. The lowest BCUT2D eigenvalue weighted by atomic mass is 9.98. The zero-order chi connectivity index (χ0) is 10.3. The minimum absolute atomic E-state index is 0.405. The highest BCUT2D eigenvalue weighted by molar-refractivity contribution is 9.11. The topological polar surface area (TPSA) is 12.0 Å². The van der Waals surface area contributed by atoms with Gasteiger partial charge in [-0.2, -0.15) is 0 Å². The molecular weight excluding hydrogens is 290 g/mol. The van der Waals surface area contributed by atoms with Gasteiger partial charge >= 0.3 is 0 Å². The average Bonchev–Trinajstić information content (AvgIpc) is 2.84. The molecule has 1 aliphatic heterocycles. The largest absolute Gasteiger partial charge is 0.306 e. The second-order valence-corrected chi connectivity index (χ2v) is 6.91. The molecule has 3 heterocycles. The lowest BCUT2D eigenvalue weighted by Gasteiger charge is -2.23. The highest BCUT2D eigenvalue weighted by Gasteiger charge is 2.22. The summed E-state index contributed by atoms with van der Waals surface area (Å²) in [4.78, 5) is 1.54. The van der Waals surface area contributed by atoms with Gasteiger partial charge in [-0.3, -0.25) is 0 Å². The van der Waals surface area contributed by atoms with E-state index < -0.39 is 0 Å². The zero-order valence-electron chi connectivity index (χ0n) is 8.00. The summed E-state index contributed by atoms with van der Waals surface area (Å²) in [6, 6.07) is 4.87. The molecule has 0 saturated carbocycles. The maximum atomic E-state index is 3.58. The molecule has 0 fully saturated rings. The molecule has 4 heteroatoms. The fraction of sp³-hybridized carbons (Fsp3) is 0.273. The van der Waals surface area contributed by atoms with Gasteiger partial charge in [-0.05, 0) is 56.4 Å². The number of fused-ring (bicyclic) bond motifs is 1. The van der Waals surface area contributed by atoms with Gasteiger partial charge in [0.05, 0.1) is 9.83 Å². The zero-order valence-corrected chi connectivity index (χ0v) is 11.2. The Morgan fingerprint density at radius 1 is 1.40 bits per heavy atom. The third-order valence-corrected chi connectivity index (χ3v) is 5.23. The molecule has 0 aliphatic carbocycles. The van der Waals surface area contributed by atoms with E-state index in [1.807, 2.05) is 11.3 Å². The van der Waals surface area contributed by atoms with Gasteiger partial charge in [0.15, 0.2) is 0 Å². The van der Waals surface area contributed by atoms with Crippen LogP contribution < -0.4 is 5.32 Å². The van der Waals surface area contributed by atoms with Crippen LogP contribution in [-0.4, -0.2) is 6.54 Å². The SMILES string of the molecule is Brc1cc(C2NCCc3sccc32)cs1. The molecule has 1 aliphatic rings. The van der Waals surface area contributed by atoms with Gasteiger partial charge in [-0.15, -0.1) is 22.7 Å². The van der Waals surface area contributed by atoms with Gasteiger partial charge in [0.1, 0.15) is 0 Å². The lowest BCUT2D eigenvalue weighted by molar-refractivity contribution is 0.576. The van der Waals surface area contributed by atoms with Crippen LogP contribution in [-0.2, 0) is 6.42 Å². The second-order valence-electron chi connectivity index (χ2n) is 3.62. The molecule has 78 valence electrons. The van der Waals surface area contributed by atoms with Crippen molar-refractivity contribution in [2.45, 2.75) is 12.5 Å². The number of hydrogen-bond donors (Lipinski definition) is 1. The van der Waals surface area contributed by atoms with Crippen molar-refractivity contribution in [2.75, 3.05) is 6.54 Å². The Kier molecular flexibility index (Phi) is 2.68. The van der Waals surface area contributed by atoms with Crippen LogP contribution in [0.5, 0.6) is 0 Å². The summed E-state index contributed by atoms with van der Waals surface area (Å²) in [5, 5.41) is 8.01. The Hall–Kier alpha value is -0.160. The van der Waals surface area contributed by atoms with Gasteiger partial charge in [0, 0.05) is 11.4 Å². The number of halogens is 1. The summed E-state index contributed by atoms with van der Waals surface area (Å²) in [7, 11) is 0. The number of nitrogens with one attached hydrogen (secondary N) is 1. The molecule has 1 N–H and O–H groups in total. The normalized spacial score (nSPS) is 20.2. The Bertz CT molecular complexity index is 474. The van der Waals surface area contributed by atoms with Crippen LogP contribution in [0.2, 0.25) is 0 Å². The summed E-state index contributed by atoms with van der Waals surface area (Å²) in [5.41, 5.74) is 2.85. The van der Waals surface area contributed by atoms with Crippen molar-refractivity contribution in [3.8, 4) is 0 Å². The van der Waals surface area contributed by atoms with Gasteiger partial charge in [-0.1, -0.05) is 0 Å². The monoisotopic (exact) mass is 299 g/mol. The van der Waals surface area contributed by atoms with E-state index in [9.17, 15) is 0 Å². The molecule has 1 atom stereocenters. The maximum Gasteiger partial charge on any atom is 0.0701 e.